The molecule has 5 heteroatoms. The smallest absolute Gasteiger partial charge is 0.252 e. The van der Waals surface area contributed by atoms with Gasteiger partial charge in [-0.2, -0.15) is 0 Å². The minimum absolute atomic E-state index is 0.0931. The van der Waals surface area contributed by atoms with Crippen LogP contribution in [-0.2, 0) is 5.54 Å². The number of hydrogen-bond donors (Lipinski definition) is 1. The molecule has 4 nitrogen and oxygen atoms in total. The molecule has 1 fully saturated rings. The first-order chi connectivity index (χ1) is 12.1. The van der Waals surface area contributed by atoms with Crippen LogP contribution < -0.4 is 14.8 Å². The molecule has 1 aliphatic rings. The van der Waals surface area contributed by atoms with Crippen molar-refractivity contribution in [2.75, 3.05) is 13.2 Å². The second-order valence-electron chi connectivity index (χ2n) is 6.07. The molecule has 0 atom stereocenters. The molecular weight excluding hydrogens is 382 g/mol. The fourth-order valence-electron chi connectivity index (χ4n) is 2.86. The Labute approximate surface area is 156 Å². The van der Waals surface area contributed by atoms with Gasteiger partial charge >= 0.3 is 0 Å². The lowest BCUT2D eigenvalue weighted by molar-refractivity contribution is 0.0930. The maximum absolute atomic E-state index is 12.7. The number of carbonyl (C=O) groups is 1. The molecule has 0 saturated heterocycles. The van der Waals surface area contributed by atoms with Crippen molar-refractivity contribution in [3.63, 3.8) is 0 Å². The molecule has 1 amide bonds. The van der Waals surface area contributed by atoms with Crippen LogP contribution >= 0.6 is 15.9 Å². The molecule has 0 aromatic heterocycles. The number of benzene rings is 2. The van der Waals surface area contributed by atoms with Crippen LogP contribution in [0, 0.1) is 0 Å². The fourth-order valence-corrected chi connectivity index (χ4v) is 3.13. The summed E-state index contributed by atoms with van der Waals surface area (Å²) in [5.41, 5.74) is 1.47. The van der Waals surface area contributed by atoms with E-state index in [2.05, 4.69) is 33.4 Å². The number of ether oxygens (including phenoxy) is 2. The zero-order valence-corrected chi connectivity index (χ0v) is 16.1. The lowest BCUT2D eigenvalue weighted by Crippen LogP contribution is -2.34. The lowest BCUT2D eigenvalue weighted by atomic mass is 10.0. The molecule has 0 bridgehead atoms. The van der Waals surface area contributed by atoms with Gasteiger partial charge in [0.2, 0.25) is 0 Å². The fraction of sp³-hybridized carbons (Fsp3) is 0.350. The second-order valence-corrected chi connectivity index (χ2v) is 6.99. The van der Waals surface area contributed by atoms with Gasteiger partial charge in [-0.05, 0) is 62.6 Å². The van der Waals surface area contributed by atoms with E-state index in [1.165, 1.54) is 0 Å². The van der Waals surface area contributed by atoms with Crippen LogP contribution in [0.4, 0.5) is 0 Å². The Balaban J connectivity index is 1.79. The van der Waals surface area contributed by atoms with Crippen molar-refractivity contribution in [1.82, 2.24) is 5.32 Å². The third-order valence-electron chi connectivity index (χ3n) is 4.31. The molecule has 2 aromatic rings. The highest BCUT2D eigenvalue weighted by molar-refractivity contribution is 9.10. The minimum atomic E-state index is -0.248. The summed E-state index contributed by atoms with van der Waals surface area (Å²) >= 11 is 3.45. The monoisotopic (exact) mass is 403 g/mol. The van der Waals surface area contributed by atoms with E-state index < -0.39 is 0 Å². The SMILES string of the molecule is CCOc1ccc(C(=O)NC2(c3ccc(Br)cc3)CC2)cc1OCC. The van der Waals surface area contributed by atoms with Gasteiger partial charge in [-0.15, -0.1) is 0 Å². The van der Waals surface area contributed by atoms with Crippen LogP contribution in [0.2, 0.25) is 0 Å². The molecule has 1 saturated carbocycles. The van der Waals surface area contributed by atoms with Gasteiger partial charge in [-0.25, -0.2) is 0 Å². The van der Waals surface area contributed by atoms with Gasteiger partial charge in [0, 0.05) is 10.0 Å². The number of rotatable bonds is 7. The van der Waals surface area contributed by atoms with Crippen molar-refractivity contribution in [2.45, 2.75) is 32.2 Å². The highest BCUT2D eigenvalue weighted by Crippen LogP contribution is 2.46. The third-order valence-corrected chi connectivity index (χ3v) is 4.83. The predicted molar refractivity (Wildman–Crippen MR) is 101 cm³/mol. The van der Waals surface area contributed by atoms with Gasteiger partial charge in [0.15, 0.2) is 11.5 Å². The third kappa shape index (κ3) is 3.98. The second kappa shape index (κ2) is 7.48. The topological polar surface area (TPSA) is 47.6 Å². The molecule has 0 radical (unpaired) electrons. The van der Waals surface area contributed by atoms with E-state index in [1.54, 1.807) is 18.2 Å². The van der Waals surface area contributed by atoms with E-state index >= 15 is 0 Å². The first kappa shape index (κ1) is 17.8. The molecule has 1 N–H and O–H groups in total. The molecule has 0 aliphatic heterocycles. The number of carbonyl (C=O) groups excluding carboxylic acids is 1. The van der Waals surface area contributed by atoms with Crippen molar-refractivity contribution in [3.8, 4) is 11.5 Å². The number of amides is 1. The van der Waals surface area contributed by atoms with E-state index in [4.69, 9.17) is 9.47 Å². The highest BCUT2D eigenvalue weighted by Gasteiger charge is 2.45. The Morgan fingerprint density at radius 1 is 1.04 bits per heavy atom. The molecule has 0 heterocycles. The van der Waals surface area contributed by atoms with Gasteiger partial charge < -0.3 is 14.8 Å². The van der Waals surface area contributed by atoms with Gasteiger partial charge in [0.25, 0.3) is 5.91 Å². The van der Waals surface area contributed by atoms with Crippen molar-refractivity contribution in [1.29, 1.82) is 0 Å². The first-order valence-corrected chi connectivity index (χ1v) is 9.35. The van der Waals surface area contributed by atoms with E-state index in [9.17, 15) is 4.79 Å². The highest BCUT2D eigenvalue weighted by atomic mass is 79.9. The van der Waals surface area contributed by atoms with Crippen molar-refractivity contribution in [2.24, 2.45) is 0 Å². The zero-order chi connectivity index (χ0) is 17.9. The van der Waals surface area contributed by atoms with E-state index in [1.807, 2.05) is 26.0 Å². The molecule has 0 spiro atoms. The summed E-state index contributed by atoms with van der Waals surface area (Å²) < 4.78 is 12.2. The minimum Gasteiger partial charge on any atom is -0.490 e. The molecular formula is C20H22BrNO3. The van der Waals surface area contributed by atoms with Gasteiger partial charge in [-0.1, -0.05) is 28.1 Å². The molecule has 25 heavy (non-hydrogen) atoms. The Bertz CT molecular complexity index is 754. The number of halogens is 1. The normalized spacial score (nSPS) is 14.7. The standard InChI is InChI=1S/C20H22BrNO3/c1-3-24-17-10-5-14(13-18(17)25-4-2)19(23)22-20(11-12-20)15-6-8-16(21)9-7-15/h5-10,13H,3-4,11-12H2,1-2H3,(H,22,23). The van der Waals surface area contributed by atoms with Crippen LogP contribution in [0.3, 0.4) is 0 Å². The van der Waals surface area contributed by atoms with Crippen LogP contribution in [-0.4, -0.2) is 19.1 Å². The molecule has 1 aliphatic carbocycles. The Hall–Kier alpha value is -2.01. The Morgan fingerprint density at radius 3 is 2.28 bits per heavy atom. The summed E-state index contributed by atoms with van der Waals surface area (Å²) in [5.74, 6) is 1.17. The van der Waals surface area contributed by atoms with E-state index in [0.717, 1.165) is 22.9 Å². The maximum atomic E-state index is 12.7. The predicted octanol–water partition coefficient (Wildman–Crippen LogP) is 4.67. The summed E-state index contributed by atoms with van der Waals surface area (Å²) in [4.78, 5) is 12.7. The van der Waals surface area contributed by atoms with Crippen LogP contribution in [0.25, 0.3) is 0 Å². The van der Waals surface area contributed by atoms with E-state index in [0.29, 0.717) is 30.3 Å². The molecule has 2 aromatic carbocycles. The number of hydrogen-bond acceptors (Lipinski definition) is 3. The Kier molecular flexibility index (Phi) is 5.33. The van der Waals surface area contributed by atoms with Crippen LogP contribution in [0.5, 0.6) is 11.5 Å². The van der Waals surface area contributed by atoms with E-state index in [-0.39, 0.29) is 11.4 Å². The van der Waals surface area contributed by atoms with Crippen molar-refractivity contribution >= 4 is 21.8 Å². The van der Waals surface area contributed by atoms with Crippen molar-refractivity contribution < 1.29 is 14.3 Å². The van der Waals surface area contributed by atoms with Gasteiger partial charge in [0.1, 0.15) is 0 Å². The summed E-state index contributed by atoms with van der Waals surface area (Å²) in [6.45, 7) is 4.91. The summed E-state index contributed by atoms with van der Waals surface area (Å²) in [7, 11) is 0. The average Bonchev–Trinajstić information content (AvgIpc) is 3.38. The maximum Gasteiger partial charge on any atom is 0.252 e. The summed E-state index contributed by atoms with van der Waals surface area (Å²) in [5, 5.41) is 3.19. The molecule has 0 unspecified atom stereocenters. The van der Waals surface area contributed by atoms with Gasteiger partial charge in [-0.3, -0.25) is 4.79 Å². The zero-order valence-electron chi connectivity index (χ0n) is 14.5. The number of nitrogens with one attached hydrogen (secondary N) is 1. The summed E-state index contributed by atoms with van der Waals surface area (Å²) in [6.07, 6.45) is 1.91. The summed E-state index contributed by atoms with van der Waals surface area (Å²) in [6, 6.07) is 13.4. The molecule has 132 valence electrons. The Morgan fingerprint density at radius 2 is 1.68 bits per heavy atom. The van der Waals surface area contributed by atoms with Crippen LogP contribution in [0.15, 0.2) is 46.9 Å². The molecule has 3 rings (SSSR count). The average molecular weight is 404 g/mol. The lowest BCUT2D eigenvalue weighted by Gasteiger charge is -2.19. The quantitative estimate of drug-likeness (QED) is 0.730. The largest absolute Gasteiger partial charge is 0.490 e. The van der Waals surface area contributed by atoms with Crippen molar-refractivity contribution in [3.05, 3.63) is 58.1 Å². The van der Waals surface area contributed by atoms with Crippen LogP contribution in [0.1, 0.15) is 42.6 Å². The van der Waals surface area contributed by atoms with Gasteiger partial charge in [0.05, 0.1) is 18.8 Å². The first-order valence-electron chi connectivity index (χ1n) is 8.56.